The van der Waals surface area contributed by atoms with Crippen LogP contribution in [0.15, 0.2) is 42.5 Å². The molecule has 2 aromatic rings. The molecule has 0 heterocycles. The van der Waals surface area contributed by atoms with Gasteiger partial charge in [-0.1, -0.05) is 41.9 Å². The second-order valence-corrected chi connectivity index (χ2v) is 7.11. The Balaban J connectivity index is 1.68. The summed E-state index contributed by atoms with van der Waals surface area (Å²) < 4.78 is 0. The average Bonchev–Trinajstić information content (AvgIpc) is 2.57. The molecule has 0 radical (unpaired) electrons. The molecule has 0 fully saturated rings. The van der Waals surface area contributed by atoms with Crippen molar-refractivity contribution in [3.05, 3.63) is 64.2 Å². The molecule has 0 aromatic heterocycles. The first-order valence-electron chi connectivity index (χ1n) is 8.50. The van der Waals surface area contributed by atoms with E-state index in [0.717, 1.165) is 24.1 Å². The zero-order valence-corrected chi connectivity index (χ0v) is 15.0. The van der Waals surface area contributed by atoms with Gasteiger partial charge in [-0.15, -0.1) is 0 Å². The molecule has 3 nitrogen and oxygen atoms in total. The predicted molar refractivity (Wildman–Crippen MR) is 98.7 cm³/mol. The van der Waals surface area contributed by atoms with Crippen LogP contribution in [-0.4, -0.2) is 19.5 Å². The average molecular weight is 344 g/mol. The summed E-state index contributed by atoms with van der Waals surface area (Å²) in [6.07, 6.45) is 3.47. The van der Waals surface area contributed by atoms with Crippen molar-refractivity contribution in [3.8, 4) is 0 Å². The number of fused-ring (bicyclic) bond motifs is 1. The van der Waals surface area contributed by atoms with Crippen LogP contribution in [0.1, 0.15) is 35.6 Å². The molecule has 1 amide bonds. The minimum atomic E-state index is 0.0286. The first-order chi connectivity index (χ1) is 11.5. The molecule has 2 atom stereocenters. The third-order valence-corrected chi connectivity index (χ3v) is 5.11. The Labute approximate surface area is 148 Å². The monoisotopic (exact) mass is 343 g/mol. The first kappa shape index (κ1) is 17.0. The van der Waals surface area contributed by atoms with Gasteiger partial charge in [-0.05, 0) is 43.0 Å². The summed E-state index contributed by atoms with van der Waals surface area (Å²) >= 11 is 6.03. The highest BCUT2D eigenvalue weighted by Crippen LogP contribution is 2.27. The van der Waals surface area contributed by atoms with Crippen LogP contribution in [0.25, 0.3) is 0 Å². The maximum Gasteiger partial charge on any atom is 0.279 e. The molecular weight excluding hydrogens is 320 g/mol. The standard InChI is InChI=1S/C20H23ClN2O/c1-14-10-11-16(21)12-18(14)22-20(24)13-23(2)19-9-5-7-15-6-3-4-8-17(15)19/h3-4,6,8,10-12,19H,5,7,9,13H2,1-2H3,(H,22,24)/p+1/t19-/m0/s1. The van der Waals surface area contributed by atoms with E-state index in [2.05, 4.69) is 36.6 Å². The maximum atomic E-state index is 12.5. The number of benzene rings is 2. The lowest BCUT2D eigenvalue weighted by atomic mass is 9.87. The van der Waals surface area contributed by atoms with Gasteiger partial charge in [0.15, 0.2) is 6.54 Å². The van der Waals surface area contributed by atoms with Crippen molar-refractivity contribution in [2.75, 3.05) is 18.9 Å². The van der Waals surface area contributed by atoms with Crippen LogP contribution < -0.4 is 10.2 Å². The molecule has 0 spiro atoms. The Kier molecular flexibility index (Phi) is 5.22. The molecule has 1 aliphatic carbocycles. The van der Waals surface area contributed by atoms with Crippen LogP contribution in [0, 0.1) is 6.92 Å². The van der Waals surface area contributed by atoms with E-state index in [1.807, 2.05) is 19.1 Å². The summed E-state index contributed by atoms with van der Waals surface area (Å²) in [4.78, 5) is 13.7. The van der Waals surface area contributed by atoms with Gasteiger partial charge in [0, 0.05) is 22.7 Å². The number of halogens is 1. The molecule has 24 heavy (non-hydrogen) atoms. The van der Waals surface area contributed by atoms with E-state index in [9.17, 15) is 4.79 Å². The van der Waals surface area contributed by atoms with Gasteiger partial charge in [-0.2, -0.15) is 0 Å². The number of hydrogen-bond donors (Lipinski definition) is 2. The van der Waals surface area contributed by atoms with Crippen LogP contribution in [0.2, 0.25) is 5.02 Å². The van der Waals surface area contributed by atoms with Gasteiger partial charge in [-0.25, -0.2) is 0 Å². The number of rotatable bonds is 4. The molecular formula is C20H24ClN2O+. The van der Waals surface area contributed by atoms with E-state index >= 15 is 0 Å². The number of likely N-dealkylation sites (N-methyl/N-ethyl adjacent to an activating group) is 1. The lowest BCUT2D eigenvalue weighted by Gasteiger charge is -2.30. The lowest BCUT2D eigenvalue weighted by molar-refractivity contribution is -0.905. The van der Waals surface area contributed by atoms with E-state index in [4.69, 9.17) is 11.6 Å². The molecule has 0 saturated heterocycles. The zero-order valence-electron chi connectivity index (χ0n) is 14.2. The summed E-state index contributed by atoms with van der Waals surface area (Å²) in [7, 11) is 2.11. The van der Waals surface area contributed by atoms with Gasteiger partial charge in [0.2, 0.25) is 0 Å². The van der Waals surface area contributed by atoms with Crippen molar-refractivity contribution in [2.45, 2.75) is 32.2 Å². The molecule has 2 N–H and O–H groups in total. The molecule has 1 unspecified atom stereocenters. The third kappa shape index (κ3) is 3.80. The van der Waals surface area contributed by atoms with Gasteiger partial charge in [0.25, 0.3) is 5.91 Å². The summed E-state index contributed by atoms with van der Waals surface area (Å²) in [6.45, 7) is 2.42. The van der Waals surface area contributed by atoms with Gasteiger partial charge >= 0.3 is 0 Å². The van der Waals surface area contributed by atoms with Crippen molar-refractivity contribution >= 4 is 23.2 Å². The molecule has 0 bridgehead atoms. The third-order valence-electron chi connectivity index (χ3n) is 4.88. The van der Waals surface area contributed by atoms with Gasteiger partial charge in [0.1, 0.15) is 6.04 Å². The van der Waals surface area contributed by atoms with E-state index < -0.39 is 0 Å². The molecule has 0 aliphatic heterocycles. The van der Waals surface area contributed by atoms with E-state index in [-0.39, 0.29) is 5.91 Å². The fourth-order valence-corrected chi connectivity index (χ4v) is 3.74. The summed E-state index contributed by atoms with van der Waals surface area (Å²) in [6, 6.07) is 14.6. The van der Waals surface area contributed by atoms with E-state index in [1.165, 1.54) is 22.4 Å². The number of aryl methyl sites for hydroxylation is 2. The molecule has 2 aromatic carbocycles. The predicted octanol–water partition coefficient (Wildman–Crippen LogP) is 3.18. The Morgan fingerprint density at radius 3 is 2.92 bits per heavy atom. The molecule has 0 saturated carbocycles. The van der Waals surface area contributed by atoms with Gasteiger partial charge in [0.05, 0.1) is 7.05 Å². The van der Waals surface area contributed by atoms with Crippen LogP contribution in [0.4, 0.5) is 5.69 Å². The Morgan fingerprint density at radius 2 is 2.08 bits per heavy atom. The quantitative estimate of drug-likeness (QED) is 0.878. The van der Waals surface area contributed by atoms with E-state index in [1.54, 1.807) is 6.07 Å². The van der Waals surface area contributed by atoms with Crippen molar-refractivity contribution in [3.63, 3.8) is 0 Å². The number of quaternary nitrogens is 1. The minimum absolute atomic E-state index is 0.0286. The van der Waals surface area contributed by atoms with Gasteiger partial charge < -0.3 is 10.2 Å². The number of amides is 1. The second kappa shape index (κ2) is 7.37. The molecule has 126 valence electrons. The largest absolute Gasteiger partial charge is 0.323 e. The maximum absolute atomic E-state index is 12.5. The fraction of sp³-hybridized carbons (Fsp3) is 0.350. The smallest absolute Gasteiger partial charge is 0.279 e. The fourth-order valence-electron chi connectivity index (χ4n) is 3.57. The highest BCUT2D eigenvalue weighted by molar-refractivity contribution is 6.31. The number of nitrogens with one attached hydrogen (secondary N) is 2. The molecule has 4 heteroatoms. The van der Waals surface area contributed by atoms with Crippen LogP contribution in [-0.2, 0) is 11.2 Å². The Bertz CT molecular complexity index is 744. The highest BCUT2D eigenvalue weighted by Gasteiger charge is 2.27. The minimum Gasteiger partial charge on any atom is -0.323 e. The SMILES string of the molecule is Cc1ccc(Cl)cc1NC(=O)C[NH+](C)[C@H]1CCCc2ccccc21. The van der Waals surface area contributed by atoms with Crippen molar-refractivity contribution < 1.29 is 9.69 Å². The van der Waals surface area contributed by atoms with Gasteiger partial charge in [-0.3, -0.25) is 4.79 Å². The normalized spacial score (nSPS) is 17.9. The lowest BCUT2D eigenvalue weighted by Crippen LogP contribution is -3.10. The first-order valence-corrected chi connectivity index (χ1v) is 8.88. The summed E-state index contributed by atoms with van der Waals surface area (Å²) in [5.74, 6) is 0.0286. The number of hydrogen-bond acceptors (Lipinski definition) is 1. The number of anilines is 1. The highest BCUT2D eigenvalue weighted by atomic mass is 35.5. The number of carbonyl (C=O) groups is 1. The van der Waals surface area contributed by atoms with E-state index in [0.29, 0.717) is 17.6 Å². The van der Waals surface area contributed by atoms with Crippen LogP contribution in [0.5, 0.6) is 0 Å². The van der Waals surface area contributed by atoms with Crippen molar-refractivity contribution in [1.82, 2.24) is 0 Å². The van der Waals surface area contributed by atoms with Crippen LogP contribution in [0.3, 0.4) is 0 Å². The zero-order chi connectivity index (χ0) is 17.1. The topological polar surface area (TPSA) is 33.5 Å². The summed E-state index contributed by atoms with van der Waals surface area (Å²) in [5, 5.41) is 3.64. The van der Waals surface area contributed by atoms with Crippen molar-refractivity contribution in [2.24, 2.45) is 0 Å². The molecule has 3 rings (SSSR count). The summed E-state index contributed by atoms with van der Waals surface area (Å²) in [5.41, 5.74) is 4.64. The Hall–Kier alpha value is -1.84. The Morgan fingerprint density at radius 1 is 1.29 bits per heavy atom. The van der Waals surface area contributed by atoms with Crippen molar-refractivity contribution in [1.29, 1.82) is 0 Å². The molecule has 1 aliphatic rings. The van der Waals surface area contributed by atoms with Crippen LogP contribution >= 0.6 is 11.6 Å². The second-order valence-electron chi connectivity index (χ2n) is 6.67. The number of carbonyl (C=O) groups excluding carboxylic acids is 1.